The zero-order valence-corrected chi connectivity index (χ0v) is 18.8. The first-order valence-electron chi connectivity index (χ1n) is 10.9. The summed E-state index contributed by atoms with van der Waals surface area (Å²) in [7, 11) is 0. The summed E-state index contributed by atoms with van der Waals surface area (Å²) in [5, 5.41) is 0.652. The Bertz CT molecular complexity index is 1240. The molecule has 176 valence electrons. The number of hydrogen-bond donors (Lipinski definition) is 0. The summed E-state index contributed by atoms with van der Waals surface area (Å²) >= 11 is 6.13. The Morgan fingerprint density at radius 2 is 1.56 bits per heavy atom. The molecule has 2 aliphatic rings. The van der Waals surface area contributed by atoms with Crippen LogP contribution in [0.5, 0.6) is 0 Å². The third kappa shape index (κ3) is 4.42. The molecule has 2 heterocycles. The van der Waals surface area contributed by atoms with Crippen LogP contribution in [0.3, 0.4) is 0 Å². The molecule has 3 aromatic carbocycles. The molecule has 0 amide bonds. The van der Waals surface area contributed by atoms with Crippen molar-refractivity contribution < 1.29 is 17.6 Å². The van der Waals surface area contributed by atoms with Crippen molar-refractivity contribution in [3.63, 3.8) is 0 Å². The maximum Gasteiger partial charge on any atom is 0.416 e. The SMILES string of the molecule is Fc1ccc(C(F)(F)F)cc1N1Cc2ccccc2N=C1N1CCN(c2cccc(Cl)c2)CC1. The first kappa shape index (κ1) is 22.5. The summed E-state index contributed by atoms with van der Waals surface area (Å²) in [6.45, 7) is 2.71. The van der Waals surface area contributed by atoms with Gasteiger partial charge >= 0.3 is 6.18 Å². The normalized spacial score (nSPS) is 16.4. The van der Waals surface area contributed by atoms with Gasteiger partial charge in [0.2, 0.25) is 5.96 Å². The minimum Gasteiger partial charge on any atom is -0.368 e. The van der Waals surface area contributed by atoms with E-state index >= 15 is 0 Å². The lowest BCUT2D eigenvalue weighted by molar-refractivity contribution is -0.137. The molecule has 9 heteroatoms. The van der Waals surface area contributed by atoms with Crippen LogP contribution in [-0.2, 0) is 12.7 Å². The van der Waals surface area contributed by atoms with Crippen molar-refractivity contribution >= 4 is 34.6 Å². The molecule has 0 unspecified atom stereocenters. The van der Waals surface area contributed by atoms with E-state index in [9.17, 15) is 17.6 Å². The minimum atomic E-state index is -4.57. The second-order valence-electron chi connectivity index (χ2n) is 8.24. The maximum absolute atomic E-state index is 14.9. The van der Waals surface area contributed by atoms with Crippen molar-refractivity contribution in [1.82, 2.24) is 4.90 Å². The van der Waals surface area contributed by atoms with Crippen molar-refractivity contribution in [3.8, 4) is 0 Å². The molecule has 2 aliphatic heterocycles. The molecule has 3 aromatic rings. The quantitative estimate of drug-likeness (QED) is 0.394. The molecule has 5 rings (SSSR count). The molecule has 1 saturated heterocycles. The standard InChI is InChI=1S/C25H21ClF4N4/c26-19-5-3-6-20(15-19)32-10-12-33(13-11-32)24-31-22-7-2-1-4-17(22)16-34(24)23-14-18(25(28,29)30)8-9-21(23)27/h1-9,14-15H,10-13,16H2. The molecule has 34 heavy (non-hydrogen) atoms. The Morgan fingerprint density at radius 1 is 0.824 bits per heavy atom. The molecule has 0 atom stereocenters. The number of hydrogen-bond acceptors (Lipinski definition) is 4. The number of guanidine groups is 1. The number of fused-ring (bicyclic) bond motifs is 1. The molecular weight excluding hydrogens is 468 g/mol. The number of nitrogens with zero attached hydrogens (tertiary/aromatic N) is 4. The van der Waals surface area contributed by atoms with Gasteiger partial charge in [0.05, 0.1) is 23.5 Å². The van der Waals surface area contributed by atoms with Crippen LogP contribution in [0.2, 0.25) is 5.02 Å². The maximum atomic E-state index is 14.9. The van der Waals surface area contributed by atoms with E-state index in [1.165, 1.54) is 0 Å². The van der Waals surface area contributed by atoms with E-state index in [4.69, 9.17) is 16.6 Å². The lowest BCUT2D eigenvalue weighted by atomic mass is 10.1. The summed E-state index contributed by atoms with van der Waals surface area (Å²) in [6, 6.07) is 17.5. The topological polar surface area (TPSA) is 22.1 Å². The highest BCUT2D eigenvalue weighted by Gasteiger charge is 2.34. The fraction of sp³-hybridized carbons (Fsp3) is 0.240. The van der Waals surface area contributed by atoms with Crippen molar-refractivity contribution in [2.75, 3.05) is 36.0 Å². The van der Waals surface area contributed by atoms with Gasteiger partial charge < -0.3 is 14.7 Å². The highest BCUT2D eigenvalue weighted by atomic mass is 35.5. The first-order valence-corrected chi connectivity index (χ1v) is 11.2. The Labute approximate surface area is 199 Å². The Morgan fingerprint density at radius 3 is 2.29 bits per heavy atom. The number of halogens is 5. The van der Waals surface area contributed by atoms with Crippen LogP contribution in [0.15, 0.2) is 71.7 Å². The van der Waals surface area contributed by atoms with Crippen LogP contribution in [0.4, 0.5) is 34.6 Å². The molecule has 0 radical (unpaired) electrons. The molecule has 0 aromatic heterocycles. The van der Waals surface area contributed by atoms with Gasteiger partial charge in [0, 0.05) is 36.9 Å². The van der Waals surface area contributed by atoms with E-state index in [0.717, 1.165) is 35.1 Å². The molecule has 0 saturated carbocycles. The minimum absolute atomic E-state index is 0.139. The van der Waals surface area contributed by atoms with E-state index in [-0.39, 0.29) is 12.2 Å². The Hall–Kier alpha value is -3.26. The number of piperazine rings is 1. The second-order valence-corrected chi connectivity index (χ2v) is 8.68. The third-order valence-corrected chi connectivity index (χ3v) is 6.32. The van der Waals surface area contributed by atoms with Crippen molar-refractivity contribution in [2.24, 2.45) is 4.99 Å². The van der Waals surface area contributed by atoms with Crippen LogP contribution in [-0.4, -0.2) is 37.0 Å². The summed E-state index contributed by atoms with van der Waals surface area (Å²) < 4.78 is 55.1. The Balaban J connectivity index is 1.47. The van der Waals surface area contributed by atoms with E-state index in [0.29, 0.717) is 37.2 Å². The fourth-order valence-corrected chi connectivity index (χ4v) is 4.51. The average molecular weight is 489 g/mol. The summed E-state index contributed by atoms with van der Waals surface area (Å²) in [5.74, 6) is -0.277. The molecule has 0 bridgehead atoms. The number of anilines is 2. The van der Waals surface area contributed by atoms with Gasteiger partial charge in [-0.25, -0.2) is 9.38 Å². The number of aliphatic imine (C=N–C) groups is 1. The highest BCUT2D eigenvalue weighted by molar-refractivity contribution is 6.30. The smallest absolute Gasteiger partial charge is 0.368 e. The van der Waals surface area contributed by atoms with Crippen LogP contribution >= 0.6 is 11.6 Å². The van der Waals surface area contributed by atoms with E-state index in [1.807, 2.05) is 53.4 Å². The fourth-order valence-electron chi connectivity index (χ4n) is 4.33. The molecule has 0 spiro atoms. The van der Waals surface area contributed by atoms with Crippen molar-refractivity contribution in [1.29, 1.82) is 0 Å². The lowest BCUT2D eigenvalue weighted by Gasteiger charge is -2.42. The lowest BCUT2D eigenvalue weighted by Crippen LogP contribution is -2.54. The predicted octanol–water partition coefficient (Wildman–Crippen LogP) is 6.33. The van der Waals surface area contributed by atoms with Crippen LogP contribution in [0.25, 0.3) is 0 Å². The summed E-state index contributed by atoms with van der Waals surface area (Å²) in [6.07, 6.45) is -4.57. The number of benzene rings is 3. The summed E-state index contributed by atoms with van der Waals surface area (Å²) in [4.78, 5) is 10.5. The van der Waals surface area contributed by atoms with Gasteiger partial charge in [-0.3, -0.25) is 0 Å². The van der Waals surface area contributed by atoms with Gasteiger partial charge in [-0.15, -0.1) is 0 Å². The van der Waals surface area contributed by atoms with Gasteiger partial charge in [-0.1, -0.05) is 35.9 Å². The summed E-state index contributed by atoms with van der Waals surface area (Å²) in [5.41, 5.74) is 1.52. The molecule has 0 N–H and O–H groups in total. The van der Waals surface area contributed by atoms with E-state index < -0.39 is 17.6 Å². The molecule has 1 fully saturated rings. The number of para-hydroxylation sites is 1. The monoisotopic (exact) mass is 488 g/mol. The molecule has 4 nitrogen and oxygen atoms in total. The zero-order chi connectivity index (χ0) is 23.9. The van der Waals surface area contributed by atoms with Crippen molar-refractivity contribution in [2.45, 2.75) is 12.7 Å². The third-order valence-electron chi connectivity index (χ3n) is 6.08. The zero-order valence-electron chi connectivity index (χ0n) is 18.1. The van der Waals surface area contributed by atoms with Gasteiger partial charge in [-0.2, -0.15) is 13.2 Å². The largest absolute Gasteiger partial charge is 0.416 e. The van der Waals surface area contributed by atoms with Crippen LogP contribution < -0.4 is 9.80 Å². The predicted molar refractivity (Wildman–Crippen MR) is 126 cm³/mol. The second kappa shape index (κ2) is 8.83. The Kier molecular flexibility index (Phi) is 5.85. The highest BCUT2D eigenvalue weighted by Crippen LogP contribution is 2.36. The average Bonchev–Trinajstić information content (AvgIpc) is 2.83. The van der Waals surface area contributed by atoms with Crippen molar-refractivity contribution in [3.05, 3.63) is 88.7 Å². The molecule has 0 aliphatic carbocycles. The van der Waals surface area contributed by atoms with Crippen LogP contribution in [0.1, 0.15) is 11.1 Å². The molecular formula is C25H21ClF4N4. The van der Waals surface area contributed by atoms with Gasteiger partial charge in [-0.05, 0) is 48.0 Å². The first-order chi connectivity index (χ1) is 16.3. The van der Waals surface area contributed by atoms with Gasteiger partial charge in [0.15, 0.2) is 0 Å². The number of rotatable bonds is 2. The number of alkyl halides is 3. The van der Waals surface area contributed by atoms with Gasteiger partial charge in [0.1, 0.15) is 5.82 Å². The van der Waals surface area contributed by atoms with E-state index in [1.54, 1.807) is 4.90 Å². The van der Waals surface area contributed by atoms with Crippen LogP contribution in [0, 0.1) is 5.82 Å². The van der Waals surface area contributed by atoms with Gasteiger partial charge in [0.25, 0.3) is 0 Å². The van der Waals surface area contributed by atoms with E-state index in [2.05, 4.69) is 4.90 Å².